The second-order valence-corrected chi connectivity index (χ2v) is 9.25. The van der Waals surface area contributed by atoms with Crippen LogP contribution in [0.25, 0.3) is 0 Å². The molecule has 1 atom stereocenters. The molecule has 0 aromatic heterocycles. The third-order valence-electron chi connectivity index (χ3n) is 5.68. The molecule has 0 unspecified atom stereocenters. The fourth-order valence-electron chi connectivity index (χ4n) is 4.10. The summed E-state index contributed by atoms with van der Waals surface area (Å²) in [6.07, 6.45) is -0.335. The lowest BCUT2D eigenvalue weighted by molar-refractivity contribution is -0.136. The number of carbonyl (C=O) groups excluding carboxylic acids is 2. The van der Waals surface area contributed by atoms with E-state index < -0.39 is 11.5 Å². The van der Waals surface area contributed by atoms with Gasteiger partial charge in [0.1, 0.15) is 0 Å². The van der Waals surface area contributed by atoms with Crippen molar-refractivity contribution in [2.45, 2.75) is 32.4 Å². The van der Waals surface area contributed by atoms with E-state index in [1.807, 2.05) is 50.2 Å². The Morgan fingerprint density at radius 3 is 2.55 bits per heavy atom. The van der Waals surface area contributed by atoms with E-state index in [-0.39, 0.29) is 18.7 Å². The largest absolute Gasteiger partial charge is 0.375 e. The van der Waals surface area contributed by atoms with Gasteiger partial charge in [0, 0.05) is 20.6 Å². The van der Waals surface area contributed by atoms with Gasteiger partial charge in [0.25, 0.3) is 5.91 Å². The lowest BCUT2D eigenvalue weighted by Crippen LogP contribution is -2.41. The Hall–Kier alpha value is -2.47. The van der Waals surface area contributed by atoms with Gasteiger partial charge in [-0.05, 0) is 49.2 Å². The smallest absolute Gasteiger partial charge is 0.264 e. The fraction of sp³-hybridized carbons (Fsp3) is 0.200. The Kier molecular flexibility index (Phi) is 5.77. The molecule has 0 bridgehead atoms. The van der Waals surface area contributed by atoms with Crippen LogP contribution in [0.1, 0.15) is 39.0 Å². The molecular formula is C25H21BrClNO3. The van der Waals surface area contributed by atoms with Crippen molar-refractivity contribution in [1.29, 1.82) is 0 Å². The molecule has 0 radical (unpaired) electrons. The van der Waals surface area contributed by atoms with E-state index in [0.717, 1.165) is 21.2 Å². The van der Waals surface area contributed by atoms with Gasteiger partial charge in [-0.3, -0.25) is 9.59 Å². The second kappa shape index (κ2) is 8.23. The van der Waals surface area contributed by atoms with Gasteiger partial charge in [-0.2, -0.15) is 0 Å². The molecule has 0 aliphatic carbocycles. The van der Waals surface area contributed by atoms with Gasteiger partial charge in [0.15, 0.2) is 11.4 Å². The third kappa shape index (κ3) is 3.93. The lowest BCUT2D eigenvalue weighted by Gasteiger charge is -2.23. The minimum absolute atomic E-state index is 0.202. The normalized spacial score (nSPS) is 17.7. The van der Waals surface area contributed by atoms with Gasteiger partial charge in [0.2, 0.25) is 0 Å². The van der Waals surface area contributed by atoms with Crippen LogP contribution >= 0.6 is 27.5 Å². The number of aryl methyl sites for hydroxylation is 2. The highest BCUT2D eigenvalue weighted by Gasteiger charge is 2.51. The molecule has 31 heavy (non-hydrogen) atoms. The first-order chi connectivity index (χ1) is 14.7. The third-order valence-corrected chi connectivity index (χ3v) is 6.54. The first-order valence-electron chi connectivity index (χ1n) is 9.89. The topological polar surface area (TPSA) is 57.6 Å². The number of Topliss-reactive ketones (excluding diaryl/α,β-unsaturated/α-hetero) is 1. The van der Waals surface area contributed by atoms with Crippen LogP contribution in [-0.2, 0) is 16.9 Å². The predicted molar refractivity (Wildman–Crippen MR) is 126 cm³/mol. The maximum atomic E-state index is 13.5. The maximum Gasteiger partial charge on any atom is 0.264 e. The van der Waals surface area contributed by atoms with Gasteiger partial charge in [-0.25, -0.2) is 0 Å². The van der Waals surface area contributed by atoms with Gasteiger partial charge in [0.05, 0.1) is 18.7 Å². The van der Waals surface area contributed by atoms with Crippen molar-refractivity contribution in [3.63, 3.8) is 0 Å². The summed E-state index contributed by atoms with van der Waals surface area (Å²) in [6.45, 7) is 4.01. The number of hydrogen-bond donors (Lipinski definition) is 1. The van der Waals surface area contributed by atoms with Crippen LogP contribution in [-0.4, -0.2) is 16.8 Å². The molecule has 3 aromatic rings. The summed E-state index contributed by atoms with van der Waals surface area (Å²) >= 11 is 9.72. The predicted octanol–water partition coefficient (Wildman–Crippen LogP) is 5.73. The number of fused-ring (bicyclic) bond motifs is 1. The highest BCUT2D eigenvalue weighted by atomic mass is 79.9. The van der Waals surface area contributed by atoms with E-state index in [9.17, 15) is 14.7 Å². The first-order valence-corrected chi connectivity index (χ1v) is 11.1. The number of hydrogen-bond acceptors (Lipinski definition) is 3. The second-order valence-electron chi connectivity index (χ2n) is 7.92. The van der Waals surface area contributed by atoms with Crippen molar-refractivity contribution in [1.82, 2.24) is 0 Å². The van der Waals surface area contributed by atoms with Crippen molar-refractivity contribution >= 4 is 44.9 Å². The van der Waals surface area contributed by atoms with Gasteiger partial charge >= 0.3 is 0 Å². The van der Waals surface area contributed by atoms with E-state index in [1.54, 1.807) is 24.3 Å². The van der Waals surface area contributed by atoms with Crippen LogP contribution in [0.15, 0.2) is 65.1 Å². The molecule has 0 saturated heterocycles. The number of anilines is 1. The van der Waals surface area contributed by atoms with E-state index in [0.29, 0.717) is 21.8 Å². The number of benzene rings is 3. The summed E-state index contributed by atoms with van der Waals surface area (Å²) in [6, 6.07) is 18.1. The molecule has 0 saturated carbocycles. The van der Waals surface area contributed by atoms with E-state index >= 15 is 0 Å². The van der Waals surface area contributed by atoms with Crippen molar-refractivity contribution in [3.8, 4) is 0 Å². The minimum Gasteiger partial charge on any atom is -0.375 e. The Morgan fingerprint density at radius 2 is 1.84 bits per heavy atom. The number of ketones is 1. The number of carbonyl (C=O) groups is 2. The molecule has 1 heterocycles. The van der Waals surface area contributed by atoms with E-state index in [4.69, 9.17) is 11.6 Å². The van der Waals surface area contributed by atoms with Crippen LogP contribution in [0.4, 0.5) is 5.69 Å². The zero-order valence-corrected chi connectivity index (χ0v) is 19.5. The average molecular weight is 499 g/mol. The molecule has 4 nitrogen and oxygen atoms in total. The monoisotopic (exact) mass is 497 g/mol. The van der Waals surface area contributed by atoms with E-state index in [2.05, 4.69) is 15.9 Å². The molecule has 4 rings (SSSR count). The molecule has 1 aliphatic heterocycles. The molecule has 6 heteroatoms. The number of halogens is 2. The fourth-order valence-corrected chi connectivity index (χ4v) is 4.66. The summed E-state index contributed by atoms with van der Waals surface area (Å²) in [5.74, 6) is -0.808. The lowest BCUT2D eigenvalue weighted by atomic mass is 9.87. The SMILES string of the molecule is Cc1ccc(C(=O)C[C@@]2(O)C(=O)N(Cc3ccccc3Cl)c3ccc(Br)cc32)c(C)c1. The average Bonchev–Trinajstić information content (AvgIpc) is 2.91. The molecule has 0 spiro atoms. The Labute approximate surface area is 194 Å². The van der Waals surface area contributed by atoms with Crippen LogP contribution in [0, 0.1) is 13.8 Å². The zero-order chi connectivity index (χ0) is 22.3. The number of rotatable bonds is 5. The standard InChI is InChI=1S/C25H21BrClNO3/c1-15-7-9-19(16(2)11-15)23(29)13-25(31)20-12-18(26)8-10-22(20)28(24(25)30)14-17-5-3-4-6-21(17)27/h3-12,31H,13-14H2,1-2H3/t25-/m0/s1. The summed E-state index contributed by atoms with van der Waals surface area (Å²) in [5, 5.41) is 12.1. The quantitative estimate of drug-likeness (QED) is 0.457. The zero-order valence-electron chi connectivity index (χ0n) is 17.2. The Bertz CT molecular complexity index is 1210. The number of aliphatic hydroxyl groups is 1. The minimum atomic E-state index is -1.95. The van der Waals surface area contributed by atoms with E-state index in [1.165, 1.54) is 4.90 Å². The Balaban J connectivity index is 1.73. The molecule has 158 valence electrons. The van der Waals surface area contributed by atoms with Crippen molar-refractivity contribution in [2.24, 2.45) is 0 Å². The Morgan fingerprint density at radius 1 is 1.10 bits per heavy atom. The summed E-state index contributed by atoms with van der Waals surface area (Å²) in [7, 11) is 0. The molecule has 1 amide bonds. The van der Waals surface area contributed by atoms with Crippen LogP contribution in [0.5, 0.6) is 0 Å². The van der Waals surface area contributed by atoms with Gasteiger partial charge in [-0.15, -0.1) is 0 Å². The van der Waals surface area contributed by atoms with Crippen molar-refractivity contribution in [3.05, 3.63) is 98.0 Å². The summed E-state index contributed by atoms with van der Waals surface area (Å²) in [5.41, 5.74) is 2.17. The molecular weight excluding hydrogens is 478 g/mol. The number of nitrogens with zero attached hydrogens (tertiary/aromatic N) is 1. The van der Waals surface area contributed by atoms with Crippen LogP contribution < -0.4 is 4.90 Å². The molecule has 3 aromatic carbocycles. The highest BCUT2D eigenvalue weighted by Crippen LogP contribution is 2.45. The number of amides is 1. The summed E-state index contributed by atoms with van der Waals surface area (Å²) in [4.78, 5) is 28.1. The van der Waals surface area contributed by atoms with Gasteiger partial charge in [-0.1, -0.05) is 69.5 Å². The van der Waals surface area contributed by atoms with Crippen molar-refractivity contribution in [2.75, 3.05) is 4.90 Å². The maximum absolute atomic E-state index is 13.5. The molecule has 0 fully saturated rings. The van der Waals surface area contributed by atoms with Crippen LogP contribution in [0.3, 0.4) is 0 Å². The molecule has 1 N–H and O–H groups in total. The summed E-state index contributed by atoms with van der Waals surface area (Å²) < 4.78 is 0.719. The van der Waals surface area contributed by atoms with Crippen LogP contribution in [0.2, 0.25) is 5.02 Å². The highest BCUT2D eigenvalue weighted by molar-refractivity contribution is 9.10. The first kappa shape index (κ1) is 21.8. The van der Waals surface area contributed by atoms with Gasteiger partial charge < -0.3 is 10.0 Å². The van der Waals surface area contributed by atoms with Crippen molar-refractivity contribution < 1.29 is 14.7 Å². The molecule has 1 aliphatic rings.